The number of aryl methyl sites for hydroxylation is 1. The van der Waals surface area contributed by atoms with E-state index in [4.69, 9.17) is 16.4 Å². The number of carbonyl (C=O) groups excluding carboxylic acids is 1. The summed E-state index contributed by atoms with van der Waals surface area (Å²) < 4.78 is 6.90. The van der Waals surface area contributed by atoms with Gasteiger partial charge in [0.15, 0.2) is 0 Å². The molecule has 0 aliphatic rings. The Bertz CT molecular complexity index is 978. The zero-order chi connectivity index (χ0) is 21.9. The van der Waals surface area contributed by atoms with Crippen molar-refractivity contribution in [1.82, 2.24) is 9.78 Å². The Kier molecular flexibility index (Phi) is 6.32. The molecular formula is C21H26N4O4. The molecule has 0 saturated heterocycles. The molecule has 1 aromatic heterocycles. The maximum absolute atomic E-state index is 12.3. The molecular weight excluding hydrogens is 372 g/mol. The summed E-state index contributed by atoms with van der Waals surface area (Å²) in [5.41, 5.74) is 2.13. The van der Waals surface area contributed by atoms with E-state index in [0.29, 0.717) is 16.8 Å². The molecule has 1 heterocycles. The van der Waals surface area contributed by atoms with Crippen LogP contribution in [0.3, 0.4) is 0 Å². The Morgan fingerprint density at radius 1 is 1.34 bits per heavy atom. The van der Waals surface area contributed by atoms with E-state index in [9.17, 15) is 9.59 Å². The highest BCUT2D eigenvalue weighted by atomic mass is 16.6. The molecule has 154 valence electrons. The zero-order valence-electron chi connectivity index (χ0n) is 17.5. The number of hydrogen-bond acceptors (Lipinski definition) is 4. The van der Waals surface area contributed by atoms with Gasteiger partial charge in [0, 0.05) is 6.04 Å². The quantitative estimate of drug-likeness (QED) is 0.694. The van der Waals surface area contributed by atoms with Crippen molar-refractivity contribution in [1.29, 1.82) is 0 Å². The summed E-state index contributed by atoms with van der Waals surface area (Å²) >= 11 is 0. The highest BCUT2D eigenvalue weighted by Crippen LogP contribution is 2.39. The number of rotatable bonds is 5. The fourth-order valence-electron chi connectivity index (χ4n) is 2.88. The summed E-state index contributed by atoms with van der Waals surface area (Å²) in [5, 5.41) is 16.2. The van der Waals surface area contributed by atoms with Crippen LogP contribution in [0.4, 0.5) is 16.3 Å². The summed E-state index contributed by atoms with van der Waals surface area (Å²) in [4.78, 5) is 26.9. The highest BCUT2D eigenvalue weighted by molar-refractivity contribution is 5.94. The normalized spacial score (nSPS) is 11.2. The number of carbonyl (C=O) groups is 2. The minimum absolute atomic E-state index is 0.0807. The number of nitrogens with one attached hydrogen (secondary N) is 1. The monoisotopic (exact) mass is 398 g/mol. The van der Waals surface area contributed by atoms with E-state index in [0.717, 1.165) is 5.56 Å². The molecule has 2 aromatic rings. The molecule has 0 spiro atoms. The first-order valence-corrected chi connectivity index (χ1v) is 9.24. The molecule has 0 bridgehead atoms. The SMILES string of the molecule is [C-]#[N+]c1c(-c2ccc(CC(=O)O)cc2C)nn(C(C)C)c1NC(=O)OC(C)(C)C. The van der Waals surface area contributed by atoms with Crippen LogP contribution < -0.4 is 5.32 Å². The van der Waals surface area contributed by atoms with Gasteiger partial charge in [-0.05, 0) is 58.2 Å². The average Bonchev–Trinajstić information content (AvgIpc) is 2.90. The van der Waals surface area contributed by atoms with Crippen molar-refractivity contribution >= 4 is 23.6 Å². The molecule has 0 fully saturated rings. The first-order valence-electron chi connectivity index (χ1n) is 9.24. The van der Waals surface area contributed by atoms with Crippen molar-refractivity contribution < 1.29 is 19.4 Å². The number of nitrogens with zero attached hydrogens (tertiary/aromatic N) is 3. The fraction of sp³-hybridized carbons (Fsp3) is 0.429. The first kappa shape index (κ1) is 22.0. The molecule has 2 N–H and O–H groups in total. The number of carboxylic acid groups (broad SMARTS) is 1. The number of anilines is 1. The van der Waals surface area contributed by atoms with Crippen LogP contribution in [0.15, 0.2) is 18.2 Å². The van der Waals surface area contributed by atoms with Gasteiger partial charge in [0.05, 0.1) is 13.0 Å². The van der Waals surface area contributed by atoms with E-state index in [2.05, 4.69) is 15.3 Å². The molecule has 0 radical (unpaired) electrons. The lowest BCUT2D eigenvalue weighted by Gasteiger charge is -2.20. The van der Waals surface area contributed by atoms with Crippen LogP contribution in [0.25, 0.3) is 16.1 Å². The molecule has 0 unspecified atom stereocenters. The molecule has 8 heteroatoms. The van der Waals surface area contributed by atoms with Crippen LogP contribution in [0.2, 0.25) is 0 Å². The maximum Gasteiger partial charge on any atom is 0.412 e. The number of aromatic nitrogens is 2. The van der Waals surface area contributed by atoms with E-state index < -0.39 is 17.7 Å². The van der Waals surface area contributed by atoms with Gasteiger partial charge in [-0.3, -0.25) is 14.8 Å². The van der Waals surface area contributed by atoms with Gasteiger partial charge in [-0.2, -0.15) is 5.10 Å². The zero-order valence-corrected chi connectivity index (χ0v) is 17.5. The van der Waals surface area contributed by atoms with Crippen molar-refractivity contribution in [3.8, 4) is 11.3 Å². The lowest BCUT2D eigenvalue weighted by molar-refractivity contribution is -0.136. The summed E-state index contributed by atoms with van der Waals surface area (Å²) in [6, 6.07) is 5.12. The first-order chi connectivity index (χ1) is 13.4. The van der Waals surface area contributed by atoms with Crippen molar-refractivity contribution in [3.63, 3.8) is 0 Å². The van der Waals surface area contributed by atoms with E-state index in [-0.39, 0.29) is 24.0 Å². The minimum Gasteiger partial charge on any atom is -0.481 e. The number of amides is 1. The molecule has 0 aliphatic carbocycles. The second-order valence-corrected chi connectivity index (χ2v) is 8.04. The minimum atomic E-state index is -0.910. The number of ether oxygens (including phenoxy) is 1. The number of carboxylic acids is 1. The van der Waals surface area contributed by atoms with Crippen LogP contribution >= 0.6 is 0 Å². The van der Waals surface area contributed by atoms with Crippen LogP contribution in [-0.2, 0) is 16.0 Å². The predicted octanol–water partition coefficient (Wildman–Crippen LogP) is 4.96. The Morgan fingerprint density at radius 2 is 2.00 bits per heavy atom. The van der Waals surface area contributed by atoms with E-state index in [1.807, 2.05) is 20.8 Å². The summed E-state index contributed by atoms with van der Waals surface area (Å²) in [6.45, 7) is 18.6. The van der Waals surface area contributed by atoms with Gasteiger partial charge in [0.2, 0.25) is 0 Å². The molecule has 0 aliphatic heterocycles. The van der Waals surface area contributed by atoms with Crippen molar-refractivity contribution in [2.45, 2.75) is 59.6 Å². The second kappa shape index (κ2) is 8.35. The van der Waals surface area contributed by atoms with Gasteiger partial charge < -0.3 is 9.84 Å². The number of aliphatic carboxylic acids is 1. The summed E-state index contributed by atoms with van der Waals surface area (Å²) in [5.74, 6) is -0.639. The van der Waals surface area contributed by atoms with Crippen LogP contribution in [0.5, 0.6) is 0 Å². The third-order valence-corrected chi connectivity index (χ3v) is 4.01. The average molecular weight is 398 g/mol. The Hall–Kier alpha value is -3.34. The number of hydrogen-bond donors (Lipinski definition) is 2. The van der Waals surface area contributed by atoms with Gasteiger partial charge in [-0.25, -0.2) is 9.64 Å². The molecule has 0 atom stereocenters. The Balaban J connectivity index is 2.53. The van der Waals surface area contributed by atoms with Crippen molar-refractivity contribution in [2.24, 2.45) is 0 Å². The van der Waals surface area contributed by atoms with Gasteiger partial charge in [-0.15, -0.1) is 0 Å². The molecule has 1 aromatic carbocycles. The molecule has 0 saturated carbocycles. The second-order valence-electron chi connectivity index (χ2n) is 8.04. The van der Waals surface area contributed by atoms with E-state index in [1.54, 1.807) is 43.7 Å². The molecule has 1 amide bonds. The van der Waals surface area contributed by atoms with Crippen molar-refractivity contribution in [3.05, 3.63) is 40.7 Å². The smallest absolute Gasteiger partial charge is 0.412 e. The lowest BCUT2D eigenvalue weighted by atomic mass is 10.0. The van der Waals surface area contributed by atoms with E-state index >= 15 is 0 Å². The topological polar surface area (TPSA) is 97.8 Å². The van der Waals surface area contributed by atoms with Gasteiger partial charge in [-0.1, -0.05) is 18.2 Å². The van der Waals surface area contributed by atoms with Gasteiger partial charge in [0.25, 0.3) is 5.69 Å². The van der Waals surface area contributed by atoms with Crippen LogP contribution in [0, 0.1) is 13.5 Å². The van der Waals surface area contributed by atoms with Gasteiger partial charge in [0.1, 0.15) is 17.1 Å². The standard InChI is InChI=1S/C21H26N4O4/c1-12(2)25-19(23-20(28)29-21(4,5)6)18(22-7)17(24-25)15-9-8-14(10-13(15)3)11-16(26)27/h8-10,12H,11H2,1-6H3,(H,23,28)(H,26,27). The van der Waals surface area contributed by atoms with Crippen LogP contribution in [-0.4, -0.2) is 32.6 Å². The third-order valence-electron chi connectivity index (χ3n) is 4.01. The fourth-order valence-corrected chi connectivity index (χ4v) is 2.88. The summed E-state index contributed by atoms with van der Waals surface area (Å²) in [7, 11) is 0. The summed E-state index contributed by atoms with van der Waals surface area (Å²) in [6.07, 6.45) is -0.743. The number of benzene rings is 1. The van der Waals surface area contributed by atoms with Crippen molar-refractivity contribution in [2.75, 3.05) is 5.32 Å². The largest absolute Gasteiger partial charge is 0.481 e. The Labute approximate surface area is 170 Å². The Morgan fingerprint density at radius 3 is 2.48 bits per heavy atom. The van der Waals surface area contributed by atoms with E-state index in [1.165, 1.54) is 0 Å². The third kappa shape index (κ3) is 5.35. The molecule has 2 rings (SSSR count). The molecule has 8 nitrogen and oxygen atoms in total. The molecule has 29 heavy (non-hydrogen) atoms. The van der Waals surface area contributed by atoms with Gasteiger partial charge >= 0.3 is 12.1 Å². The predicted molar refractivity (Wildman–Crippen MR) is 110 cm³/mol. The maximum atomic E-state index is 12.3. The lowest BCUT2D eigenvalue weighted by Crippen LogP contribution is -2.28. The van der Waals surface area contributed by atoms with Crippen LogP contribution in [0.1, 0.15) is 51.8 Å². The highest BCUT2D eigenvalue weighted by Gasteiger charge is 2.25.